The molecule has 2 heteroatoms. The molecule has 0 fully saturated rings. The monoisotopic (exact) mass is 260 g/mol. The maximum Gasteiger partial charge on any atom is 0.235 e. The quantitative estimate of drug-likeness (QED) is 0.818. The molecule has 98 valence electrons. The lowest BCUT2D eigenvalue weighted by atomic mass is 9.41. The first-order valence-electron chi connectivity index (χ1n) is 6.84. The summed E-state index contributed by atoms with van der Waals surface area (Å²) in [4.78, 5) is 0. The lowest BCUT2D eigenvalue weighted by Crippen LogP contribution is -2.28. The average molecular weight is 260 g/mol. The third-order valence-corrected chi connectivity index (χ3v) is 4.09. The summed E-state index contributed by atoms with van der Waals surface area (Å²) < 4.78 is 0. The number of phenols is 1. The number of allylic oxidation sites excluding steroid dienone is 1. The van der Waals surface area contributed by atoms with Crippen molar-refractivity contribution in [2.45, 2.75) is 13.8 Å². The van der Waals surface area contributed by atoms with Crippen molar-refractivity contribution in [1.82, 2.24) is 0 Å². The molecule has 0 saturated heterocycles. The van der Waals surface area contributed by atoms with Gasteiger partial charge in [0, 0.05) is 0 Å². The minimum absolute atomic E-state index is 0.202. The highest BCUT2D eigenvalue weighted by Gasteiger charge is 2.27. The summed E-state index contributed by atoms with van der Waals surface area (Å²) in [6.07, 6.45) is 0. The van der Waals surface area contributed by atoms with Gasteiger partial charge < -0.3 is 5.11 Å². The van der Waals surface area contributed by atoms with Crippen LogP contribution in [0.15, 0.2) is 55.0 Å². The topological polar surface area (TPSA) is 20.2 Å². The molecule has 1 nitrogen and oxygen atoms in total. The van der Waals surface area contributed by atoms with Crippen LogP contribution in [0.1, 0.15) is 23.6 Å². The number of aryl methyl sites for hydroxylation is 1. The zero-order valence-electron chi connectivity index (χ0n) is 11.9. The Labute approximate surface area is 120 Å². The van der Waals surface area contributed by atoms with Gasteiger partial charge >= 0.3 is 0 Å². The fourth-order valence-electron chi connectivity index (χ4n) is 2.83. The van der Waals surface area contributed by atoms with Gasteiger partial charge in [-0.2, -0.15) is 0 Å². The van der Waals surface area contributed by atoms with Crippen LogP contribution in [-0.4, -0.2) is 11.8 Å². The van der Waals surface area contributed by atoms with Gasteiger partial charge in [-0.05, 0) is 36.6 Å². The van der Waals surface area contributed by atoms with E-state index in [0.29, 0.717) is 5.75 Å². The third-order valence-electron chi connectivity index (χ3n) is 4.09. The van der Waals surface area contributed by atoms with Crippen molar-refractivity contribution in [3.05, 3.63) is 71.7 Å². The van der Waals surface area contributed by atoms with Crippen molar-refractivity contribution in [3.8, 4) is 5.75 Å². The van der Waals surface area contributed by atoms with Crippen LogP contribution in [0.5, 0.6) is 5.75 Å². The summed E-state index contributed by atoms with van der Waals surface area (Å²) in [6, 6.07) is 14.2. The molecule has 0 aromatic heterocycles. The van der Waals surface area contributed by atoms with Crippen LogP contribution in [0.4, 0.5) is 0 Å². The number of hydrogen-bond acceptors (Lipinski definition) is 1. The molecule has 3 rings (SSSR count). The lowest BCUT2D eigenvalue weighted by Gasteiger charge is -2.12. The second-order valence-corrected chi connectivity index (χ2v) is 5.44. The van der Waals surface area contributed by atoms with Crippen LogP contribution in [0.2, 0.25) is 0 Å². The van der Waals surface area contributed by atoms with E-state index >= 15 is 0 Å². The van der Waals surface area contributed by atoms with E-state index in [1.807, 2.05) is 25.1 Å². The Morgan fingerprint density at radius 1 is 1.10 bits per heavy atom. The van der Waals surface area contributed by atoms with Crippen LogP contribution < -0.4 is 5.46 Å². The highest BCUT2D eigenvalue weighted by atomic mass is 16.3. The molecule has 0 atom stereocenters. The number of rotatable bonds is 2. The van der Waals surface area contributed by atoms with Gasteiger partial charge in [0.1, 0.15) is 5.75 Å². The largest absolute Gasteiger partial charge is 0.508 e. The molecule has 1 heterocycles. The Morgan fingerprint density at radius 3 is 2.60 bits per heavy atom. The summed E-state index contributed by atoms with van der Waals surface area (Å²) >= 11 is 0. The van der Waals surface area contributed by atoms with Gasteiger partial charge in [0.2, 0.25) is 6.71 Å². The lowest BCUT2D eigenvalue weighted by molar-refractivity contribution is 0.471. The van der Waals surface area contributed by atoms with Crippen LogP contribution in [0.3, 0.4) is 0 Å². The highest BCUT2D eigenvalue weighted by molar-refractivity contribution is 6.95. The van der Waals surface area contributed by atoms with E-state index in [4.69, 9.17) is 0 Å². The Kier molecular flexibility index (Phi) is 3.02. The molecule has 20 heavy (non-hydrogen) atoms. The minimum Gasteiger partial charge on any atom is -0.508 e. The predicted octanol–water partition coefficient (Wildman–Crippen LogP) is 3.61. The van der Waals surface area contributed by atoms with Crippen molar-refractivity contribution in [2.75, 3.05) is 0 Å². The molecular formula is C18H17BO. The molecule has 1 aliphatic rings. The van der Waals surface area contributed by atoms with Crippen molar-refractivity contribution < 1.29 is 5.11 Å². The first-order valence-corrected chi connectivity index (χ1v) is 6.84. The normalized spacial score (nSPS) is 13.1. The Bertz CT molecular complexity index is 728. The van der Waals surface area contributed by atoms with Gasteiger partial charge in [-0.3, -0.25) is 0 Å². The van der Waals surface area contributed by atoms with Gasteiger partial charge in [0.05, 0.1) is 0 Å². The molecule has 1 N–H and O–H groups in total. The summed E-state index contributed by atoms with van der Waals surface area (Å²) in [7, 11) is 0. The first kappa shape index (κ1) is 12.8. The Balaban J connectivity index is 2.02. The zero-order chi connectivity index (χ0) is 14.3. The van der Waals surface area contributed by atoms with E-state index in [2.05, 4.69) is 43.7 Å². The molecule has 0 bridgehead atoms. The van der Waals surface area contributed by atoms with Crippen molar-refractivity contribution in [3.63, 3.8) is 0 Å². The predicted molar refractivity (Wildman–Crippen MR) is 87.4 cm³/mol. The van der Waals surface area contributed by atoms with Crippen LogP contribution >= 0.6 is 0 Å². The second kappa shape index (κ2) is 4.71. The first-order chi connectivity index (χ1) is 9.58. The van der Waals surface area contributed by atoms with Gasteiger partial charge in [0.15, 0.2) is 0 Å². The molecular weight excluding hydrogens is 243 g/mol. The summed E-state index contributed by atoms with van der Waals surface area (Å²) in [5.41, 5.74) is 6.82. The number of benzene rings is 2. The van der Waals surface area contributed by atoms with E-state index < -0.39 is 0 Å². The molecule has 0 saturated carbocycles. The van der Waals surface area contributed by atoms with Gasteiger partial charge in [-0.15, -0.1) is 12.6 Å². The molecule has 0 radical (unpaired) electrons. The zero-order valence-corrected chi connectivity index (χ0v) is 11.9. The second-order valence-electron chi connectivity index (χ2n) is 5.44. The van der Waals surface area contributed by atoms with Crippen molar-refractivity contribution in [2.24, 2.45) is 0 Å². The Morgan fingerprint density at radius 2 is 1.85 bits per heavy atom. The fourth-order valence-corrected chi connectivity index (χ4v) is 2.83. The van der Waals surface area contributed by atoms with Crippen LogP contribution in [-0.2, 0) is 0 Å². The molecule has 0 amide bonds. The third kappa shape index (κ3) is 1.98. The van der Waals surface area contributed by atoms with E-state index in [9.17, 15) is 5.11 Å². The molecule has 0 unspecified atom stereocenters. The number of aromatic hydroxyl groups is 1. The molecule has 0 aliphatic carbocycles. The van der Waals surface area contributed by atoms with E-state index in [1.165, 1.54) is 16.6 Å². The van der Waals surface area contributed by atoms with Crippen LogP contribution in [0, 0.1) is 6.92 Å². The fraction of sp³-hybridized carbons (Fsp3) is 0.111. The van der Waals surface area contributed by atoms with Crippen molar-refractivity contribution >= 4 is 23.2 Å². The summed E-state index contributed by atoms with van der Waals surface area (Å²) in [5.74, 6) is 2.58. The molecule has 2 aromatic rings. The van der Waals surface area contributed by atoms with E-state index in [-0.39, 0.29) is 6.71 Å². The van der Waals surface area contributed by atoms with E-state index in [1.54, 1.807) is 0 Å². The number of fused-ring (bicyclic) bond motifs is 1. The Hall–Kier alpha value is -2.22. The van der Waals surface area contributed by atoms with Gasteiger partial charge in [-0.1, -0.05) is 52.9 Å². The minimum atomic E-state index is 0.202. The van der Waals surface area contributed by atoms with E-state index in [0.717, 1.165) is 16.6 Å². The molecule has 2 aromatic carbocycles. The van der Waals surface area contributed by atoms with Crippen molar-refractivity contribution in [1.29, 1.82) is 0 Å². The average Bonchev–Trinajstić information content (AvgIpc) is 2.79. The summed E-state index contributed by atoms with van der Waals surface area (Å²) in [5, 5.41) is 9.88. The standard InChI is InChI=1S/C18H17BO/c1-12-8-9-15(10-18(12)20)14(3)19-11-13(2)16-6-4-5-7-17(16)19/h4-11,20H,3H2,1-2H3. The molecule has 1 aliphatic heterocycles. The number of hydrogen-bond donors (Lipinski definition) is 1. The SMILES string of the molecule is C=C(B1C=C(C)c2ccccc21)c1ccc(C)c(O)c1. The summed E-state index contributed by atoms with van der Waals surface area (Å²) in [6.45, 7) is 8.49. The number of phenolic OH excluding ortho intramolecular Hbond substituents is 1. The maximum absolute atomic E-state index is 9.88. The smallest absolute Gasteiger partial charge is 0.235 e. The van der Waals surface area contributed by atoms with Gasteiger partial charge in [0.25, 0.3) is 0 Å². The maximum atomic E-state index is 9.88. The highest BCUT2D eigenvalue weighted by Crippen LogP contribution is 2.28. The van der Waals surface area contributed by atoms with Crippen LogP contribution in [0.25, 0.3) is 11.0 Å². The molecule has 0 spiro atoms. The van der Waals surface area contributed by atoms with Gasteiger partial charge in [-0.25, -0.2) is 0 Å².